The van der Waals surface area contributed by atoms with E-state index in [1.54, 1.807) is 24.5 Å². The summed E-state index contributed by atoms with van der Waals surface area (Å²) in [6.45, 7) is 4.28. The van der Waals surface area contributed by atoms with E-state index in [9.17, 15) is 8.78 Å². The van der Waals surface area contributed by atoms with E-state index in [1.165, 1.54) is 6.07 Å². The monoisotopic (exact) mass is 360 g/mol. The fourth-order valence-electron chi connectivity index (χ4n) is 2.93. The van der Waals surface area contributed by atoms with Crippen molar-refractivity contribution in [2.24, 2.45) is 11.7 Å². The van der Waals surface area contributed by atoms with Gasteiger partial charge in [-0.1, -0.05) is 13.8 Å². The molecule has 0 bridgehead atoms. The second-order valence-corrected chi connectivity index (χ2v) is 6.68. The number of H-pyrrole nitrogens is 1. The number of hydrogen-bond donors (Lipinski definition) is 2. The van der Waals surface area contributed by atoms with Gasteiger partial charge >= 0.3 is 0 Å². The van der Waals surface area contributed by atoms with E-state index in [4.69, 9.17) is 10.5 Å². The van der Waals surface area contributed by atoms with Crippen molar-refractivity contribution in [3.05, 3.63) is 42.4 Å². The summed E-state index contributed by atoms with van der Waals surface area (Å²) in [5.41, 5.74) is 7.44. The molecule has 0 saturated carbocycles. The number of nitrogens with two attached hydrogens (primary N) is 1. The molecule has 1 atom stereocenters. The molecule has 0 amide bonds. The van der Waals surface area contributed by atoms with Gasteiger partial charge in [0.2, 0.25) is 0 Å². The first-order valence-corrected chi connectivity index (χ1v) is 8.55. The van der Waals surface area contributed by atoms with E-state index in [0.29, 0.717) is 17.3 Å². The van der Waals surface area contributed by atoms with Crippen LogP contribution in [-0.4, -0.2) is 27.6 Å². The molecule has 3 heterocycles. The molecule has 138 valence electrons. The van der Waals surface area contributed by atoms with E-state index in [0.717, 1.165) is 17.4 Å². The predicted octanol–water partition coefficient (Wildman–Crippen LogP) is 4.31. The standard InChI is InChI=1S/C19H22F2N4O/c1-11(2)8-12(22)10-26-16-6-5-15(25-17(16)18(20)21)14-9-24-19-13(14)4-3-7-23-19/h3-7,9,11-12,18H,8,10,22H2,1-2H3,(H,23,24)/t12-/m0/s1. The molecule has 3 N–H and O–H groups in total. The number of halogens is 2. The Bertz CT molecular complexity index is 879. The van der Waals surface area contributed by atoms with Gasteiger partial charge in [-0.15, -0.1) is 0 Å². The SMILES string of the molecule is CC(C)C[C@H](N)COc1ccc(-c2c[nH]c3ncccc23)nc1C(F)F. The topological polar surface area (TPSA) is 76.8 Å². The van der Waals surface area contributed by atoms with Crippen LogP contribution in [0.25, 0.3) is 22.3 Å². The molecule has 0 saturated heterocycles. The molecule has 3 aromatic heterocycles. The van der Waals surface area contributed by atoms with Crippen LogP contribution in [0.3, 0.4) is 0 Å². The molecular formula is C19H22F2N4O. The van der Waals surface area contributed by atoms with Gasteiger partial charge in [-0.2, -0.15) is 0 Å². The molecule has 3 rings (SSSR count). The van der Waals surface area contributed by atoms with E-state index in [2.05, 4.69) is 28.8 Å². The van der Waals surface area contributed by atoms with Crippen LogP contribution in [-0.2, 0) is 0 Å². The van der Waals surface area contributed by atoms with Crippen molar-refractivity contribution in [1.29, 1.82) is 0 Å². The Morgan fingerprint density at radius 2 is 2.04 bits per heavy atom. The first-order valence-electron chi connectivity index (χ1n) is 8.55. The van der Waals surface area contributed by atoms with E-state index < -0.39 is 6.43 Å². The van der Waals surface area contributed by atoms with Crippen LogP contribution >= 0.6 is 0 Å². The van der Waals surface area contributed by atoms with E-state index >= 15 is 0 Å². The number of nitrogens with zero attached hydrogens (tertiary/aromatic N) is 2. The van der Waals surface area contributed by atoms with E-state index in [-0.39, 0.29) is 24.1 Å². The molecule has 0 fully saturated rings. The van der Waals surface area contributed by atoms with Gasteiger partial charge in [-0.05, 0) is 36.6 Å². The molecule has 26 heavy (non-hydrogen) atoms. The highest BCUT2D eigenvalue weighted by atomic mass is 19.3. The Hall–Kier alpha value is -2.54. The highest BCUT2D eigenvalue weighted by Crippen LogP contribution is 2.32. The average Bonchev–Trinajstić information content (AvgIpc) is 3.03. The highest BCUT2D eigenvalue weighted by molar-refractivity contribution is 5.92. The highest BCUT2D eigenvalue weighted by Gasteiger charge is 2.19. The van der Waals surface area contributed by atoms with Gasteiger partial charge in [0, 0.05) is 29.4 Å². The fraction of sp³-hybridized carbons (Fsp3) is 0.368. The number of alkyl halides is 2. The summed E-state index contributed by atoms with van der Waals surface area (Å²) in [6.07, 6.45) is 1.40. The lowest BCUT2D eigenvalue weighted by atomic mass is 10.1. The van der Waals surface area contributed by atoms with Gasteiger partial charge in [0.15, 0.2) is 0 Å². The maximum absolute atomic E-state index is 13.5. The fourth-order valence-corrected chi connectivity index (χ4v) is 2.93. The van der Waals surface area contributed by atoms with Gasteiger partial charge in [0.25, 0.3) is 6.43 Å². The third-order valence-electron chi connectivity index (χ3n) is 4.05. The number of ether oxygens (including phenoxy) is 1. The van der Waals surface area contributed by atoms with Crippen LogP contribution in [0.5, 0.6) is 5.75 Å². The predicted molar refractivity (Wildman–Crippen MR) is 97.2 cm³/mol. The van der Waals surface area contributed by atoms with Gasteiger partial charge < -0.3 is 15.5 Å². The summed E-state index contributed by atoms with van der Waals surface area (Å²) in [4.78, 5) is 11.4. The van der Waals surface area contributed by atoms with Crippen LogP contribution in [0, 0.1) is 5.92 Å². The summed E-state index contributed by atoms with van der Waals surface area (Å²) in [5, 5.41) is 0.827. The maximum Gasteiger partial charge on any atom is 0.284 e. The summed E-state index contributed by atoms with van der Waals surface area (Å²) < 4.78 is 32.5. The van der Waals surface area contributed by atoms with Crippen LogP contribution in [0.4, 0.5) is 8.78 Å². The lowest BCUT2D eigenvalue weighted by Crippen LogP contribution is -2.29. The number of fused-ring (bicyclic) bond motifs is 1. The molecule has 0 spiro atoms. The van der Waals surface area contributed by atoms with Crippen molar-refractivity contribution >= 4 is 11.0 Å². The van der Waals surface area contributed by atoms with Crippen LogP contribution in [0.2, 0.25) is 0 Å². The van der Waals surface area contributed by atoms with E-state index in [1.807, 2.05) is 6.07 Å². The minimum absolute atomic E-state index is 0.0703. The van der Waals surface area contributed by atoms with Crippen molar-refractivity contribution in [3.63, 3.8) is 0 Å². The average molecular weight is 360 g/mol. The van der Waals surface area contributed by atoms with Crippen molar-refractivity contribution in [3.8, 4) is 17.0 Å². The first-order chi connectivity index (χ1) is 12.5. The second kappa shape index (κ2) is 7.78. The lowest BCUT2D eigenvalue weighted by molar-refractivity contribution is 0.138. The summed E-state index contributed by atoms with van der Waals surface area (Å²) >= 11 is 0. The lowest BCUT2D eigenvalue weighted by Gasteiger charge is -2.17. The third kappa shape index (κ3) is 3.99. The zero-order chi connectivity index (χ0) is 18.7. The number of nitrogens with one attached hydrogen (secondary N) is 1. The van der Waals surface area contributed by atoms with Crippen LogP contribution < -0.4 is 10.5 Å². The number of pyridine rings is 2. The summed E-state index contributed by atoms with van der Waals surface area (Å²) in [7, 11) is 0. The Labute approximate surface area is 150 Å². The number of aromatic nitrogens is 3. The Morgan fingerprint density at radius 1 is 1.23 bits per heavy atom. The van der Waals surface area contributed by atoms with Gasteiger partial charge in [0.1, 0.15) is 23.7 Å². The van der Waals surface area contributed by atoms with Gasteiger partial charge in [-0.25, -0.2) is 18.7 Å². The Balaban J connectivity index is 1.87. The van der Waals surface area contributed by atoms with Gasteiger partial charge in [-0.3, -0.25) is 0 Å². The Kier molecular flexibility index (Phi) is 5.46. The third-order valence-corrected chi connectivity index (χ3v) is 4.05. The molecule has 0 aliphatic carbocycles. The maximum atomic E-state index is 13.5. The van der Waals surface area contributed by atoms with Gasteiger partial charge in [0.05, 0.1) is 5.69 Å². The smallest absolute Gasteiger partial charge is 0.284 e. The molecule has 5 nitrogen and oxygen atoms in total. The van der Waals surface area contributed by atoms with Crippen molar-refractivity contribution < 1.29 is 13.5 Å². The molecule has 0 aliphatic heterocycles. The molecule has 0 aromatic carbocycles. The van der Waals surface area contributed by atoms with Crippen molar-refractivity contribution in [2.75, 3.05) is 6.61 Å². The molecular weight excluding hydrogens is 338 g/mol. The molecule has 7 heteroatoms. The Morgan fingerprint density at radius 3 is 2.77 bits per heavy atom. The number of aromatic amines is 1. The zero-order valence-corrected chi connectivity index (χ0v) is 14.7. The molecule has 0 radical (unpaired) electrons. The zero-order valence-electron chi connectivity index (χ0n) is 14.7. The molecule has 0 unspecified atom stereocenters. The minimum atomic E-state index is -2.74. The summed E-state index contributed by atoms with van der Waals surface area (Å²) in [5.74, 6) is 0.486. The molecule has 3 aromatic rings. The molecule has 0 aliphatic rings. The quantitative estimate of drug-likeness (QED) is 0.658. The minimum Gasteiger partial charge on any atom is -0.490 e. The van der Waals surface area contributed by atoms with Crippen LogP contribution in [0.1, 0.15) is 32.4 Å². The normalized spacial score (nSPS) is 12.9. The number of rotatable bonds is 7. The van der Waals surface area contributed by atoms with Crippen molar-refractivity contribution in [1.82, 2.24) is 15.0 Å². The number of hydrogen-bond acceptors (Lipinski definition) is 4. The first kappa shape index (κ1) is 18.3. The van der Waals surface area contributed by atoms with Crippen LogP contribution in [0.15, 0.2) is 36.7 Å². The second-order valence-electron chi connectivity index (χ2n) is 6.68. The largest absolute Gasteiger partial charge is 0.490 e. The van der Waals surface area contributed by atoms with Crippen molar-refractivity contribution in [2.45, 2.75) is 32.7 Å². The summed E-state index contributed by atoms with van der Waals surface area (Å²) in [6, 6.07) is 6.65.